The van der Waals surface area contributed by atoms with Crippen molar-refractivity contribution in [3.8, 4) is 17.2 Å². The Kier molecular flexibility index (Phi) is 10.8. The molecule has 0 aliphatic heterocycles. The molecular weight excluding hydrogens is 571 g/mol. The number of amides is 1. The molecule has 0 atom stereocenters. The van der Waals surface area contributed by atoms with Crippen LogP contribution in [-0.4, -0.2) is 63.0 Å². The van der Waals surface area contributed by atoms with E-state index in [-0.39, 0.29) is 53.0 Å². The van der Waals surface area contributed by atoms with E-state index in [1.807, 2.05) is 0 Å². The van der Waals surface area contributed by atoms with Gasteiger partial charge in [-0.2, -0.15) is 5.10 Å². The average molecular weight is 602 g/mol. The van der Waals surface area contributed by atoms with Crippen molar-refractivity contribution >= 4 is 29.2 Å². The monoisotopic (exact) mass is 601 g/mol. The Bertz CT molecular complexity index is 1440. The van der Waals surface area contributed by atoms with Gasteiger partial charge in [0, 0.05) is 30.1 Å². The van der Waals surface area contributed by atoms with Crippen LogP contribution >= 0.6 is 7.60 Å². The average Bonchev–Trinajstić information content (AvgIpc) is 3.33. The van der Waals surface area contributed by atoms with E-state index in [2.05, 4.69) is 10.4 Å². The molecule has 0 bridgehead atoms. The molecule has 0 radical (unpaired) electrons. The molecule has 1 amide bonds. The van der Waals surface area contributed by atoms with E-state index >= 15 is 0 Å². The summed E-state index contributed by atoms with van der Waals surface area (Å²) in [6, 6.07) is 11.0. The highest BCUT2D eigenvalue weighted by Gasteiger charge is 2.25. The summed E-state index contributed by atoms with van der Waals surface area (Å²) in [5, 5.41) is 6.77. The summed E-state index contributed by atoms with van der Waals surface area (Å²) in [7, 11) is -6.86. The van der Waals surface area contributed by atoms with Gasteiger partial charge in [-0.25, -0.2) is 17.2 Å². The second-order valence-electron chi connectivity index (χ2n) is 8.37. The summed E-state index contributed by atoms with van der Waals surface area (Å²) < 4.78 is 85.3. The van der Waals surface area contributed by atoms with Crippen molar-refractivity contribution in [3.63, 3.8) is 0 Å². The van der Waals surface area contributed by atoms with Crippen LogP contribution in [0.1, 0.15) is 24.2 Å². The highest BCUT2D eigenvalue weighted by molar-refractivity contribution is 7.90. The predicted molar refractivity (Wildman–Crippen MR) is 143 cm³/mol. The molecule has 40 heavy (non-hydrogen) atoms. The summed E-state index contributed by atoms with van der Waals surface area (Å²) in [4.78, 5) is 13.1. The van der Waals surface area contributed by atoms with Crippen LogP contribution in [-0.2, 0) is 29.7 Å². The van der Waals surface area contributed by atoms with Crippen molar-refractivity contribution in [1.82, 2.24) is 9.78 Å². The third kappa shape index (κ3) is 8.85. The minimum atomic E-state index is -3.44. The zero-order chi connectivity index (χ0) is 29.3. The largest absolute Gasteiger partial charge is 0.485 e. The second kappa shape index (κ2) is 13.8. The fraction of sp³-hybridized carbons (Fsp3) is 0.360. The number of nitrogens with one attached hydrogen (secondary N) is 1. The van der Waals surface area contributed by atoms with Crippen LogP contribution in [0.25, 0.3) is 0 Å². The first-order valence-corrected chi connectivity index (χ1v) is 15.7. The van der Waals surface area contributed by atoms with Crippen molar-refractivity contribution < 1.29 is 45.1 Å². The molecule has 1 aromatic heterocycles. The molecule has 3 aromatic rings. The molecule has 2 aromatic carbocycles. The predicted octanol–water partition coefficient (Wildman–Crippen LogP) is 5.24. The Morgan fingerprint density at radius 2 is 1.62 bits per heavy atom. The Hall–Kier alpha value is -3.32. The lowest BCUT2D eigenvalue weighted by Gasteiger charge is -2.16. The topological polar surface area (TPSA) is 135 Å². The number of halogens is 2. The van der Waals surface area contributed by atoms with Crippen LogP contribution in [0.15, 0.2) is 59.6 Å². The van der Waals surface area contributed by atoms with Crippen molar-refractivity contribution in [3.05, 3.63) is 60.3 Å². The van der Waals surface area contributed by atoms with Gasteiger partial charge >= 0.3 is 7.60 Å². The first-order valence-electron chi connectivity index (χ1n) is 12.1. The third-order valence-corrected chi connectivity index (χ3v) is 8.20. The summed E-state index contributed by atoms with van der Waals surface area (Å²) in [5.41, 5.74) is 0.0144. The number of benzene rings is 2. The minimum absolute atomic E-state index is 0.0144. The Morgan fingerprint density at radius 3 is 2.20 bits per heavy atom. The van der Waals surface area contributed by atoms with E-state index in [1.165, 1.54) is 59.4 Å². The lowest BCUT2D eigenvalue weighted by Crippen LogP contribution is -2.21. The molecule has 0 aliphatic rings. The first kappa shape index (κ1) is 31.2. The van der Waals surface area contributed by atoms with Gasteiger partial charge in [0.25, 0.3) is 5.91 Å². The number of carbonyl (C=O) groups excluding carboxylic acids is 1. The standard InChI is InChI=1S/C25H30F2N3O8PS/c1-4-35-39(32,36-5-2)17-30-11-10-24(29-30)28-25(31)18-12-20(14-21(13-18)38-22(15-26)16-27)37-19-6-8-23(9-7-19)40(3,33)34/h6-14,22H,4-5,15-17H2,1-3H3,(H,28,29,31). The van der Waals surface area contributed by atoms with Gasteiger partial charge in [0.2, 0.25) is 0 Å². The van der Waals surface area contributed by atoms with Crippen molar-refractivity contribution in [2.45, 2.75) is 31.1 Å². The molecule has 0 spiro atoms. The molecule has 3 rings (SSSR count). The zero-order valence-electron chi connectivity index (χ0n) is 22.1. The lowest BCUT2D eigenvalue weighted by molar-refractivity contribution is 0.102. The molecule has 0 unspecified atom stereocenters. The van der Waals surface area contributed by atoms with E-state index in [1.54, 1.807) is 13.8 Å². The number of rotatable bonds is 15. The fourth-order valence-corrected chi connectivity index (χ4v) is 5.57. The number of carbonyl (C=O) groups is 1. The molecule has 0 aliphatic carbocycles. The molecule has 15 heteroatoms. The van der Waals surface area contributed by atoms with E-state index in [9.17, 15) is 26.6 Å². The number of sulfone groups is 1. The Balaban J connectivity index is 1.83. The zero-order valence-corrected chi connectivity index (χ0v) is 23.8. The number of hydrogen-bond donors (Lipinski definition) is 1. The highest BCUT2D eigenvalue weighted by atomic mass is 32.2. The van der Waals surface area contributed by atoms with Gasteiger partial charge in [0.15, 0.2) is 21.8 Å². The first-order chi connectivity index (χ1) is 19.0. The molecule has 11 nitrogen and oxygen atoms in total. The highest BCUT2D eigenvalue weighted by Crippen LogP contribution is 2.49. The number of hydrogen-bond acceptors (Lipinski definition) is 9. The van der Waals surface area contributed by atoms with Crippen molar-refractivity contribution in [2.24, 2.45) is 0 Å². The van der Waals surface area contributed by atoms with Crippen LogP contribution in [0.4, 0.5) is 14.6 Å². The Morgan fingerprint density at radius 1 is 1.00 bits per heavy atom. The van der Waals surface area contributed by atoms with Gasteiger partial charge in [-0.15, -0.1) is 0 Å². The number of ether oxygens (including phenoxy) is 2. The summed E-state index contributed by atoms with van der Waals surface area (Å²) in [6.45, 7) is 1.53. The maximum absolute atomic E-state index is 13.1. The van der Waals surface area contributed by atoms with Crippen LogP contribution in [0, 0.1) is 0 Å². The molecule has 0 fully saturated rings. The van der Waals surface area contributed by atoms with E-state index < -0.39 is 42.8 Å². The molecule has 1 heterocycles. The normalized spacial score (nSPS) is 11.9. The van der Waals surface area contributed by atoms with Gasteiger partial charge in [-0.1, -0.05) is 0 Å². The molecule has 0 saturated heterocycles. The van der Waals surface area contributed by atoms with Gasteiger partial charge in [0.05, 0.1) is 18.1 Å². The van der Waals surface area contributed by atoms with E-state index in [4.69, 9.17) is 18.5 Å². The molecular formula is C25H30F2N3O8PS. The van der Waals surface area contributed by atoms with Crippen LogP contribution < -0.4 is 14.8 Å². The van der Waals surface area contributed by atoms with Crippen LogP contribution in [0.3, 0.4) is 0 Å². The van der Waals surface area contributed by atoms with Gasteiger partial charge < -0.3 is 23.8 Å². The van der Waals surface area contributed by atoms with Gasteiger partial charge in [-0.05, 0) is 50.2 Å². The maximum Gasteiger partial charge on any atom is 0.351 e. The SMILES string of the molecule is CCOP(=O)(Cn1ccc(NC(=O)c2cc(Oc3ccc(S(C)(=O)=O)cc3)cc(OC(CF)CF)c2)n1)OCC. The quantitative estimate of drug-likeness (QED) is 0.232. The lowest BCUT2D eigenvalue weighted by atomic mass is 10.2. The maximum atomic E-state index is 13.1. The summed E-state index contributed by atoms with van der Waals surface area (Å²) in [5.74, 6) is -0.222. The number of alkyl halides is 2. The number of aromatic nitrogens is 2. The summed E-state index contributed by atoms with van der Waals surface area (Å²) in [6.07, 6.45) is 1.00. The molecule has 218 valence electrons. The third-order valence-electron chi connectivity index (χ3n) is 5.13. The van der Waals surface area contributed by atoms with Crippen molar-refractivity contribution in [1.29, 1.82) is 0 Å². The fourth-order valence-electron chi connectivity index (χ4n) is 3.40. The molecule has 0 saturated carbocycles. The van der Waals surface area contributed by atoms with E-state index in [0.29, 0.717) is 0 Å². The second-order valence-corrected chi connectivity index (χ2v) is 12.4. The van der Waals surface area contributed by atoms with Crippen LogP contribution in [0.5, 0.6) is 17.2 Å². The molecule has 1 N–H and O–H groups in total. The van der Waals surface area contributed by atoms with Gasteiger partial charge in [-0.3, -0.25) is 14.0 Å². The van der Waals surface area contributed by atoms with Crippen molar-refractivity contribution in [2.75, 3.05) is 38.1 Å². The number of anilines is 1. The van der Waals surface area contributed by atoms with Gasteiger partial charge in [0.1, 0.15) is 36.9 Å². The smallest absolute Gasteiger partial charge is 0.351 e. The van der Waals surface area contributed by atoms with Crippen LogP contribution in [0.2, 0.25) is 0 Å². The number of nitrogens with zero attached hydrogens (tertiary/aromatic N) is 2. The summed E-state index contributed by atoms with van der Waals surface area (Å²) >= 11 is 0. The van der Waals surface area contributed by atoms with E-state index in [0.717, 1.165) is 6.26 Å². The Labute approximate surface area is 230 Å². The minimum Gasteiger partial charge on any atom is -0.485 e.